The van der Waals surface area contributed by atoms with Gasteiger partial charge in [0.15, 0.2) is 0 Å². The number of carbonyl (C=O) groups excluding carboxylic acids is 1. The lowest BCUT2D eigenvalue weighted by Gasteiger charge is -2.15. The average molecular weight is 195 g/mol. The van der Waals surface area contributed by atoms with Gasteiger partial charge < -0.3 is 4.74 Å². The van der Waals surface area contributed by atoms with Crippen LogP contribution in [0.3, 0.4) is 0 Å². The zero-order valence-electron chi connectivity index (χ0n) is 6.49. The molecule has 0 aliphatic heterocycles. The molecule has 0 amide bonds. The first-order chi connectivity index (χ1) is 5.20. The summed E-state index contributed by atoms with van der Waals surface area (Å²) in [7, 11) is 0. The van der Waals surface area contributed by atoms with Crippen molar-refractivity contribution in [1.82, 2.24) is 4.90 Å². The van der Waals surface area contributed by atoms with E-state index in [1.807, 2.05) is 4.90 Å². The molecule has 0 saturated heterocycles. The molecule has 0 heterocycles. The van der Waals surface area contributed by atoms with Gasteiger partial charge in [-0.1, -0.05) is 0 Å². The van der Waals surface area contributed by atoms with Gasteiger partial charge in [0.1, 0.15) is 6.61 Å². The van der Waals surface area contributed by atoms with E-state index < -0.39 is 0 Å². The minimum Gasteiger partial charge on any atom is -0.465 e. The van der Waals surface area contributed by atoms with E-state index in [2.05, 4.69) is 25.3 Å². The molecular weight excluding hydrogens is 182 g/mol. The highest BCUT2D eigenvalue weighted by molar-refractivity contribution is 7.81. The molecule has 0 bridgehead atoms. The highest BCUT2D eigenvalue weighted by Gasteiger charge is 1.99. The fourth-order valence-electron chi connectivity index (χ4n) is 0.505. The van der Waals surface area contributed by atoms with E-state index in [0.717, 1.165) is 0 Å². The monoisotopic (exact) mass is 195 g/mol. The standard InChI is InChI=1S/C6H13NO2S2/c1-6(8)9-3-2-7(4-10)5-11/h10-11H,2-5H2,1H3. The quantitative estimate of drug-likeness (QED) is 0.383. The molecule has 0 aromatic carbocycles. The number of hydrogen-bond donors (Lipinski definition) is 2. The average Bonchev–Trinajstić information content (AvgIpc) is 1.98. The third-order valence-electron chi connectivity index (χ3n) is 1.11. The molecule has 0 radical (unpaired) electrons. The van der Waals surface area contributed by atoms with E-state index in [-0.39, 0.29) is 5.97 Å². The lowest BCUT2D eigenvalue weighted by atomic mass is 10.6. The zero-order chi connectivity index (χ0) is 8.69. The number of nitrogens with zero attached hydrogens (tertiary/aromatic N) is 1. The van der Waals surface area contributed by atoms with Crippen LogP contribution in [0.15, 0.2) is 0 Å². The Morgan fingerprint density at radius 1 is 1.45 bits per heavy atom. The summed E-state index contributed by atoms with van der Waals surface area (Å²) in [5.74, 6) is 1.01. The van der Waals surface area contributed by atoms with Crippen molar-refractivity contribution in [3.05, 3.63) is 0 Å². The highest BCUT2D eigenvalue weighted by Crippen LogP contribution is 1.92. The first-order valence-corrected chi connectivity index (χ1v) is 4.54. The SMILES string of the molecule is CC(=O)OCCN(CS)CS. The number of esters is 1. The summed E-state index contributed by atoms with van der Waals surface area (Å²) >= 11 is 8.11. The Hall–Kier alpha value is 0.130. The molecule has 0 unspecified atom stereocenters. The van der Waals surface area contributed by atoms with Gasteiger partial charge in [-0.05, 0) is 0 Å². The number of thiol groups is 2. The molecule has 5 heteroatoms. The van der Waals surface area contributed by atoms with Crippen molar-refractivity contribution in [2.45, 2.75) is 6.92 Å². The first-order valence-electron chi connectivity index (χ1n) is 3.28. The number of rotatable bonds is 5. The minimum atomic E-state index is -0.247. The smallest absolute Gasteiger partial charge is 0.302 e. The van der Waals surface area contributed by atoms with Gasteiger partial charge >= 0.3 is 5.97 Å². The van der Waals surface area contributed by atoms with Crippen molar-refractivity contribution in [3.8, 4) is 0 Å². The molecule has 0 aromatic heterocycles. The van der Waals surface area contributed by atoms with Crippen molar-refractivity contribution >= 4 is 31.2 Å². The Bertz CT molecular complexity index is 117. The molecule has 0 aromatic rings. The van der Waals surface area contributed by atoms with E-state index >= 15 is 0 Å². The van der Waals surface area contributed by atoms with Gasteiger partial charge in [0.2, 0.25) is 0 Å². The lowest BCUT2D eigenvalue weighted by Crippen LogP contribution is -2.25. The summed E-state index contributed by atoms with van der Waals surface area (Å²) in [4.78, 5) is 12.3. The lowest BCUT2D eigenvalue weighted by molar-refractivity contribution is -0.141. The van der Waals surface area contributed by atoms with Gasteiger partial charge in [0.25, 0.3) is 0 Å². The predicted molar refractivity (Wildman–Crippen MR) is 51.0 cm³/mol. The Labute approximate surface area is 77.9 Å². The Morgan fingerprint density at radius 3 is 2.36 bits per heavy atom. The summed E-state index contributed by atoms with van der Waals surface area (Å²) in [6.07, 6.45) is 0. The van der Waals surface area contributed by atoms with E-state index in [9.17, 15) is 4.79 Å². The number of ether oxygens (including phenoxy) is 1. The molecule has 0 saturated carbocycles. The van der Waals surface area contributed by atoms with Crippen molar-refractivity contribution in [2.24, 2.45) is 0 Å². The molecule has 0 spiro atoms. The molecule has 0 fully saturated rings. The summed E-state index contributed by atoms with van der Waals surface area (Å²) in [6.45, 7) is 2.49. The molecule has 0 N–H and O–H groups in total. The maximum Gasteiger partial charge on any atom is 0.302 e. The van der Waals surface area contributed by atoms with Crippen LogP contribution in [0, 0.1) is 0 Å². The van der Waals surface area contributed by atoms with Crippen LogP contribution in [0.1, 0.15) is 6.92 Å². The summed E-state index contributed by atoms with van der Waals surface area (Å²) < 4.78 is 4.73. The third kappa shape index (κ3) is 6.52. The van der Waals surface area contributed by atoms with Crippen molar-refractivity contribution in [1.29, 1.82) is 0 Å². The molecule has 11 heavy (non-hydrogen) atoms. The van der Waals surface area contributed by atoms with Crippen molar-refractivity contribution < 1.29 is 9.53 Å². The Balaban J connectivity index is 3.28. The zero-order valence-corrected chi connectivity index (χ0v) is 8.28. The van der Waals surface area contributed by atoms with Crippen LogP contribution < -0.4 is 0 Å². The first kappa shape index (κ1) is 11.1. The number of carbonyl (C=O) groups is 1. The number of hydrogen-bond acceptors (Lipinski definition) is 5. The van der Waals surface area contributed by atoms with E-state index in [4.69, 9.17) is 4.74 Å². The van der Waals surface area contributed by atoms with Gasteiger partial charge in [-0.25, -0.2) is 0 Å². The highest BCUT2D eigenvalue weighted by atomic mass is 32.1. The van der Waals surface area contributed by atoms with Crippen LogP contribution in [0.25, 0.3) is 0 Å². The maximum absolute atomic E-state index is 10.3. The topological polar surface area (TPSA) is 29.5 Å². The van der Waals surface area contributed by atoms with Gasteiger partial charge in [0.05, 0.1) is 0 Å². The van der Waals surface area contributed by atoms with E-state index in [1.165, 1.54) is 6.92 Å². The summed E-state index contributed by atoms with van der Waals surface area (Å²) in [6, 6.07) is 0. The molecule has 0 atom stereocenters. The fraction of sp³-hybridized carbons (Fsp3) is 0.833. The van der Waals surface area contributed by atoms with Crippen LogP contribution in [0.5, 0.6) is 0 Å². The van der Waals surface area contributed by atoms with Crippen molar-refractivity contribution in [3.63, 3.8) is 0 Å². The van der Waals surface area contributed by atoms with Crippen molar-refractivity contribution in [2.75, 3.05) is 24.9 Å². The Morgan fingerprint density at radius 2 is 2.00 bits per heavy atom. The van der Waals surface area contributed by atoms with Gasteiger partial charge in [-0.15, -0.1) is 0 Å². The van der Waals surface area contributed by atoms with Gasteiger partial charge in [0, 0.05) is 25.2 Å². The summed E-state index contributed by atoms with van der Waals surface area (Å²) in [5, 5.41) is 0. The Kier molecular flexibility index (Phi) is 6.90. The second kappa shape index (κ2) is 6.82. The van der Waals surface area contributed by atoms with E-state index in [1.54, 1.807) is 0 Å². The second-order valence-corrected chi connectivity index (χ2v) is 2.58. The van der Waals surface area contributed by atoms with Crippen LogP contribution in [0.4, 0.5) is 0 Å². The molecular formula is C6H13NO2S2. The predicted octanol–water partition coefficient (Wildman–Crippen LogP) is 0.626. The largest absolute Gasteiger partial charge is 0.465 e. The molecule has 3 nitrogen and oxygen atoms in total. The normalized spacial score (nSPS) is 10.2. The third-order valence-corrected chi connectivity index (χ3v) is 1.91. The van der Waals surface area contributed by atoms with Crippen LogP contribution in [0.2, 0.25) is 0 Å². The molecule has 66 valence electrons. The van der Waals surface area contributed by atoms with Crippen LogP contribution in [-0.4, -0.2) is 35.8 Å². The maximum atomic E-state index is 10.3. The van der Waals surface area contributed by atoms with Crippen LogP contribution >= 0.6 is 25.3 Å². The van der Waals surface area contributed by atoms with Gasteiger partial charge in [-0.3, -0.25) is 9.69 Å². The van der Waals surface area contributed by atoms with Crippen LogP contribution in [-0.2, 0) is 9.53 Å². The molecule has 0 aliphatic rings. The fourth-order valence-corrected chi connectivity index (χ4v) is 1.15. The molecule has 0 rings (SSSR count). The second-order valence-electron chi connectivity index (χ2n) is 2.02. The summed E-state index contributed by atoms with van der Waals surface area (Å²) in [5.41, 5.74) is 0. The van der Waals surface area contributed by atoms with Gasteiger partial charge in [-0.2, -0.15) is 25.3 Å². The molecule has 0 aliphatic carbocycles. The minimum absolute atomic E-state index is 0.247. The van der Waals surface area contributed by atoms with E-state index in [0.29, 0.717) is 24.9 Å².